The molecule has 0 saturated carbocycles. The van der Waals surface area contributed by atoms with Crippen molar-refractivity contribution in [2.75, 3.05) is 0 Å². The van der Waals surface area contributed by atoms with Crippen molar-refractivity contribution in [1.82, 2.24) is 9.97 Å². The maximum Gasteiger partial charge on any atom is 0.160 e. The van der Waals surface area contributed by atoms with Gasteiger partial charge in [-0.15, -0.1) is 0 Å². The van der Waals surface area contributed by atoms with E-state index in [0.29, 0.717) is 5.82 Å². The lowest BCUT2D eigenvalue weighted by Gasteiger charge is -2.11. The largest absolute Gasteiger partial charge is 0.455 e. The van der Waals surface area contributed by atoms with Crippen molar-refractivity contribution in [2.24, 2.45) is 0 Å². The van der Waals surface area contributed by atoms with Crippen LogP contribution in [0, 0.1) is 0 Å². The number of para-hydroxylation sites is 1. The van der Waals surface area contributed by atoms with Crippen LogP contribution in [0.15, 0.2) is 186 Å². The Balaban J connectivity index is 0.985. The fourth-order valence-corrected chi connectivity index (χ4v) is 8.08. The van der Waals surface area contributed by atoms with Crippen LogP contribution in [0.4, 0.5) is 0 Å². The summed E-state index contributed by atoms with van der Waals surface area (Å²) in [6, 6.07) is 64.3. The van der Waals surface area contributed by atoms with E-state index in [2.05, 4.69) is 140 Å². The van der Waals surface area contributed by atoms with E-state index in [1.165, 1.54) is 49.5 Å². The second-order valence-electron chi connectivity index (χ2n) is 13.7. The van der Waals surface area contributed by atoms with E-state index >= 15 is 0 Å². The first kappa shape index (κ1) is 29.6. The van der Waals surface area contributed by atoms with Crippen molar-refractivity contribution in [1.29, 1.82) is 0 Å². The number of hydrogen-bond donors (Lipinski definition) is 0. The summed E-state index contributed by atoms with van der Waals surface area (Å²) in [7, 11) is 0. The summed E-state index contributed by atoms with van der Waals surface area (Å²) in [6.45, 7) is 0. The number of hydrogen-bond acceptors (Lipinski definition) is 3. The van der Waals surface area contributed by atoms with E-state index in [1.54, 1.807) is 0 Å². The number of rotatable bonds is 5. The molecular formula is C50H30N2O. The van der Waals surface area contributed by atoms with E-state index in [4.69, 9.17) is 14.4 Å². The molecule has 2 aromatic heterocycles. The first-order chi connectivity index (χ1) is 26.2. The molecule has 0 atom stereocenters. The van der Waals surface area contributed by atoms with E-state index in [9.17, 15) is 0 Å². The molecule has 0 fully saturated rings. The molecule has 11 rings (SSSR count). The predicted octanol–water partition coefficient (Wildman–Crippen LogP) is 13.5. The molecule has 2 heterocycles. The molecule has 3 nitrogen and oxygen atoms in total. The molecule has 1 aliphatic carbocycles. The van der Waals surface area contributed by atoms with Gasteiger partial charge in [-0.25, -0.2) is 9.97 Å². The van der Waals surface area contributed by atoms with Crippen molar-refractivity contribution in [2.45, 2.75) is 0 Å². The molecule has 1 aliphatic rings. The molecule has 10 aromatic rings. The lowest BCUT2D eigenvalue weighted by Crippen LogP contribution is -1.96. The molecule has 3 heteroatoms. The van der Waals surface area contributed by atoms with Gasteiger partial charge in [0.25, 0.3) is 0 Å². The normalized spacial score (nSPS) is 11.8. The number of fused-ring (bicyclic) bond motifs is 7. The highest BCUT2D eigenvalue weighted by molar-refractivity contribution is 6.26. The molecule has 0 aliphatic heterocycles. The Kier molecular flexibility index (Phi) is 6.55. The fourth-order valence-electron chi connectivity index (χ4n) is 8.08. The SMILES string of the molecule is c1ccc(-c2cc(-c3ccccc3)nc(-c3cccc(-c4cccc(-c5ccc6c(c5)-c5cccc7c5c-6cc5c6ccccc6oc75)c4)c3)n2)cc1. The highest BCUT2D eigenvalue weighted by Gasteiger charge is 2.25. The molecule has 0 bridgehead atoms. The summed E-state index contributed by atoms with van der Waals surface area (Å²) >= 11 is 0. The van der Waals surface area contributed by atoms with Crippen molar-refractivity contribution in [3.63, 3.8) is 0 Å². The Morgan fingerprint density at radius 1 is 0.321 bits per heavy atom. The van der Waals surface area contributed by atoms with Gasteiger partial charge in [0.1, 0.15) is 11.2 Å². The average Bonchev–Trinajstić information content (AvgIpc) is 3.78. The summed E-state index contributed by atoms with van der Waals surface area (Å²) in [5.41, 5.74) is 16.5. The van der Waals surface area contributed by atoms with E-state index < -0.39 is 0 Å². The van der Waals surface area contributed by atoms with Crippen molar-refractivity contribution in [3.05, 3.63) is 182 Å². The van der Waals surface area contributed by atoms with Gasteiger partial charge in [0.15, 0.2) is 5.82 Å². The van der Waals surface area contributed by atoms with Gasteiger partial charge in [-0.05, 0) is 80.9 Å². The second kappa shape index (κ2) is 11.7. The van der Waals surface area contributed by atoms with Gasteiger partial charge in [-0.1, -0.05) is 146 Å². The molecule has 0 amide bonds. The minimum absolute atomic E-state index is 0.704. The third kappa shape index (κ3) is 4.82. The highest BCUT2D eigenvalue weighted by Crippen LogP contribution is 2.51. The van der Waals surface area contributed by atoms with Gasteiger partial charge in [0, 0.05) is 38.2 Å². The zero-order chi connectivity index (χ0) is 34.9. The zero-order valence-corrected chi connectivity index (χ0v) is 28.6. The Labute approximate surface area is 306 Å². The van der Waals surface area contributed by atoms with Crippen molar-refractivity contribution >= 4 is 32.7 Å². The minimum Gasteiger partial charge on any atom is -0.455 e. The Morgan fingerprint density at radius 2 is 0.887 bits per heavy atom. The maximum atomic E-state index is 6.43. The molecule has 0 radical (unpaired) electrons. The van der Waals surface area contributed by atoms with Gasteiger partial charge in [0.2, 0.25) is 0 Å². The van der Waals surface area contributed by atoms with Crippen LogP contribution in [-0.2, 0) is 0 Å². The maximum absolute atomic E-state index is 6.43. The number of aromatic nitrogens is 2. The molecule has 0 unspecified atom stereocenters. The average molecular weight is 675 g/mol. The standard InChI is InChI=1S/C50H30N2O/c1-3-12-31(13-4-1)45-30-46(32-14-5-2-6-15-32)52-50(51-45)37-19-10-18-35(27-37)33-16-9-17-34(26-33)36-24-25-38-42(28-36)40-21-11-22-41-48(40)43(38)29-44-39-20-7-8-23-47(39)53-49(41)44/h1-30H. The van der Waals surface area contributed by atoms with E-state index in [0.717, 1.165) is 55.8 Å². The minimum atomic E-state index is 0.704. The molecular weight excluding hydrogens is 645 g/mol. The van der Waals surface area contributed by atoms with Gasteiger partial charge < -0.3 is 4.42 Å². The number of benzene rings is 8. The Hall–Kier alpha value is -7.10. The van der Waals surface area contributed by atoms with Crippen molar-refractivity contribution < 1.29 is 4.42 Å². The summed E-state index contributed by atoms with van der Waals surface area (Å²) < 4.78 is 6.43. The first-order valence-corrected chi connectivity index (χ1v) is 18.0. The van der Waals surface area contributed by atoms with Gasteiger partial charge in [-0.2, -0.15) is 0 Å². The Morgan fingerprint density at radius 3 is 1.60 bits per heavy atom. The Bertz CT molecular complexity index is 2990. The van der Waals surface area contributed by atoms with Crippen LogP contribution < -0.4 is 0 Å². The van der Waals surface area contributed by atoms with Gasteiger partial charge in [0.05, 0.1) is 11.4 Å². The van der Waals surface area contributed by atoms with Crippen LogP contribution in [0.25, 0.3) is 111 Å². The van der Waals surface area contributed by atoms with E-state index in [1.807, 2.05) is 42.5 Å². The second-order valence-corrected chi connectivity index (χ2v) is 13.7. The number of furan rings is 1. The topological polar surface area (TPSA) is 38.9 Å². The molecule has 0 N–H and O–H groups in total. The quantitative estimate of drug-likeness (QED) is 0.182. The summed E-state index contributed by atoms with van der Waals surface area (Å²) in [5.74, 6) is 0.704. The van der Waals surface area contributed by atoms with Crippen LogP contribution in [0.1, 0.15) is 0 Å². The molecule has 8 aromatic carbocycles. The van der Waals surface area contributed by atoms with Gasteiger partial charge in [-0.3, -0.25) is 0 Å². The molecule has 0 spiro atoms. The third-order valence-electron chi connectivity index (χ3n) is 10.6. The van der Waals surface area contributed by atoms with Crippen LogP contribution in [0.2, 0.25) is 0 Å². The number of nitrogens with zero attached hydrogens (tertiary/aromatic N) is 2. The van der Waals surface area contributed by atoms with Crippen molar-refractivity contribution in [3.8, 4) is 78.4 Å². The lowest BCUT2D eigenvalue weighted by atomic mass is 9.94. The fraction of sp³-hybridized carbons (Fsp3) is 0. The van der Waals surface area contributed by atoms with Crippen LogP contribution in [-0.4, -0.2) is 9.97 Å². The molecule has 0 saturated heterocycles. The highest BCUT2D eigenvalue weighted by atomic mass is 16.3. The predicted molar refractivity (Wildman–Crippen MR) is 218 cm³/mol. The first-order valence-electron chi connectivity index (χ1n) is 18.0. The van der Waals surface area contributed by atoms with Crippen LogP contribution in [0.5, 0.6) is 0 Å². The smallest absolute Gasteiger partial charge is 0.160 e. The molecule has 53 heavy (non-hydrogen) atoms. The summed E-state index contributed by atoms with van der Waals surface area (Å²) in [6.07, 6.45) is 0. The zero-order valence-electron chi connectivity index (χ0n) is 28.6. The summed E-state index contributed by atoms with van der Waals surface area (Å²) in [4.78, 5) is 10.2. The summed E-state index contributed by atoms with van der Waals surface area (Å²) in [5, 5.41) is 4.76. The molecule has 246 valence electrons. The monoisotopic (exact) mass is 674 g/mol. The van der Waals surface area contributed by atoms with Gasteiger partial charge >= 0.3 is 0 Å². The van der Waals surface area contributed by atoms with E-state index in [-0.39, 0.29) is 0 Å². The van der Waals surface area contributed by atoms with Crippen LogP contribution in [0.3, 0.4) is 0 Å². The third-order valence-corrected chi connectivity index (χ3v) is 10.6. The lowest BCUT2D eigenvalue weighted by molar-refractivity contribution is 0.672. The van der Waals surface area contributed by atoms with Crippen LogP contribution >= 0.6 is 0 Å².